The van der Waals surface area contributed by atoms with Crippen LogP contribution in [0.3, 0.4) is 0 Å². The van der Waals surface area contributed by atoms with Gasteiger partial charge in [-0.15, -0.1) is 33.3 Å². The normalized spacial score (nSPS) is 12.1. The van der Waals surface area contributed by atoms with Gasteiger partial charge in [0.1, 0.15) is 0 Å². The number of rotatable bonds is 6. The summed E-state index contributed by atoms with van der Waals surface area (Å²) in [7, 11) is 0. The molecule has 0 aliphatic carbocycles. The molecule has 1 atom stereocenters. The molecular formula is C16H15N3O2S3. The molecule has 124 valence electrons. The van der Waals surface area contributed by atoms with Crippen LogP contribution in [0.5, 0.6) is 0 Å². The topological polar surface area (TPSA) is 68.0 Å². The number of carbonyl (C=O) groups excluding carboxylic acids is 1. The number of carbonyl (C=O) groups is 1. The highest BCUT2D eigenvalue weighted by Gasteiger charge is 2.19. The molecule has 0 saturated carbocycles. The van der Waals surface area contributed by atoms with Crippen LogP contribution in [0, 0.1) is 0 Å². The van der Waals surface area contributed by atoms with Gasteiger partial charge in [-0.25, -0.2) is 0 Å². The molecule has 1 aromatic carbocycles. The fourth-order valence-corrected chi connectivity index (χ4v) is 3.83. The lowest BCUT2D eigenvalue weighted by Gasteiger charge is -2.12. The van der Waals surface area contributed by atoms with E-state index in [1.54, 1.807) is 11.8 Å². The maximum atomic E-state index is 12.4. The first-order valence-electron chi connectivity index (χ1n) is 7.15. The Bertz CT molecular complexity index is 818. The summed E-state index contributed by atoms with van der Waals surface area (Å²) in [5, 5.41) is 13.0. The molecule has 3 rings (SSSR count). The van der Waals surface area contributed by atoms with E-state index in [1.165, 1.54) is 23.1 Å². The lowest BCUT2D eigenvalue weighted by molar-refractivity contribution is -0.115. The van der Waals surface area contributed by atoms with Crippen molar-refractivity contribution in [2.75, 3.05) is 11.6 Å². The molecule has 0 radical (unpaired) electrons. The minimum atomic E-state index is -0.350. The number of thiophene rings is 1. The third-order valence-corrected chi connectivity index (χ3v) is 5.74. The standard InChI is InChI=1S/C16H15N3O2S3/c1-10(14(20)17-11-6-3-4-7-12(11)22-2)24-16-19-18-15(21-16)13-8-5-9-23-13/h3-10H,1-2H3,(H,17,20). The SMILES string of the molecule is CSc1ccccc1NC(=O)C(C)Sc1nnc(-c2cccs2)o1. The molecule has 0 spiro atoms. The van der Waals surface area contributed by atoms with Crippen molar-refractivity contribution in [3.8, 4) is 10.8 Å². The molecule has 1 N–H and O–H groups in total. The average Bonchev–Trinajstić information content (AvgIpc) is 3.26. The summed E-state index contributed by atoms with van der Waals surface area (Å²) in [6.07, 6.45) is 1.98. The van der Waals surface area contributed by atoms with Crippen molar-refractivity contribution in [2.45, 2.75) is 22.3 Å². The molecule has 0 bridgehead atoms. The lowest BCUT2D eigenvalue weighted by Crippen LogP contribution is -2.22. The quantitative estimate of drug-likeness (QED) is 0.631. The van der Waals surface area contributed by atoms with Crippen LogP contribution in [0.4, 0.5) is 5.69 Å². The van der Waals surface area contributed by atoms with Crippen LogP contribution in [0.2, 0.25) is 0 Å². The Kier molecular flexibility index (Phi) is 5.60. The number of amides is 1. The van der Waals surface area contributed by atoms with E-state index in [4.69, 9.17) is 4.42 Å². The predicted octanol–water partition coefficient (Wildman–Crippen LogP) is 4.64. The van der Waals surface area contributed by atoms with Gasteiger partial charge in [0, 0.05) is 4.90 Å². The van der Waals surface area contributed by atoms with Crippen molar-refractivity contribution in [3.63, 3.8) is 0 Å². The Morgan fingerprint density at radius 1 is 1.25 bits per heavy atom. The molecule has 1 amide bonds. The molecule has 24 heavy (non-hydrogen) atoms. The van der Waals surface area contributed by atoms with E-state index in [2.05, 4.69) is 15.5 Å². The largest absolute Gasteiger partial charge is 0.410 e. The third kappa shape index (κ3) is 4.00. The first kappa shape index (κ1) is 17.1. The second-order valence-corrected chi connectivity index (χ2v) is 7.89. The van der Waals surface area contributed by atoms with Crippen LogP contribution in [-0.2, 0) is 4.79 Å². The number of para-hydroxylation sites is 1. The van der Waals surface area contributed by atoms with Crippen LogP contribution in [0.1, 0.15) is 6.92 Å². The van der Waals surface area contributed by atoms with E-state index in [9.17, 15) is 4.79 Å². The zero-order valence-corrected chi connectivity index (χ0v) is 15.5. The molecule has 0 saturated heterocycles. The van der Waals surface area contributed by atoms with Crippen LogP contribution in [-0.4, -0.2) is 27.6 Å². The van der Waals surface area contributed by atoms with Crippen LogP contribution < -0.4 is 5.32 Å². The van der Waals surface area contributed by atoms with E-state index in [-0.39, 0.29) is 11.2 Å². The highest BCUT2D eigenvalue weighted by atomic mass is 32.2. The molecule has 2 heterocycles. The Hall–Kier alpha value is -1.77. The van der Waals surface area contributed by atoms with Crippen LogP contribution in [0.25, 0.3) is 10.8 Å². The molecule has 0 aliphatic rings. The van der Waals surface area contributed by atoms with Crippen molar-refractivity contribution >= 4 is 46.5 Å². The van der Waals surface area contributed by atoms with Crippen molar-refractivity contribution in [3.05, 3.63) is 41.8 Å². The number of hydrogen-bond acceptors (Lipinski definition) is 7. The van der Waals surface area contributed by atoms with Gasteiger partial charge in [0.05, 0.1) is 15.8 Å². The summed E-state index contributed by atoms with van der Waals surface area (Å²) in [6, 6.07) is 11.6. The first-order valence-corrected chi connectivity index (χ1v) is 10.1. The van der Waals surface area contributed by atoms with E-state index in [1.807, 2.05) is 55.0 Å². The van der Waals surface area contributed by atoms with Crippen LogP contribution in [0.15, 0.2) is 56.3 Å². The molecule has 8 heteroatoms. The Balaban J connectivity index is 1.64. The Morgan fingerprint density at radius 2 is 2.08 bits per heavy atom. The average molecular weight is 378 g/mol. The van der Waals surface area contributed by atoms with Crippen molar-refractivity contribution in [1.82, 2.24) is 10.2 Å². The molecule has 5 nitrogen and oxygen atoms in total. The number of nitrogens with zero attached hydrogens (tertiary/aromatic N) is 2. The van der Waals surface area contributed by atoms with Gasteiger partial charge in [0.25, 0.3) is 11.1 Å². The summed E-state index contributed by atoms with van der Waals surface area (Å²) in [5.74, 6) is 0.380. The van der Waals surface area contributed by atoms with Gasteiger partial charge in [0.2, 0.25) is 5.91 Å². The fraction of sp³-hybridized carbons (Fsp3) is 0.188. The predicted molar refractivity (Wildman–Crippen MR) is 99.8 cm³/mol. The highest BCUT2D eigenvalue weighted by molar-refractivity contribution is 8.00. The minimum absolute atomic E-state index is 0.0997. The van der Waals surface area contributed by atoms with Crippen molar-refractivity contribution in [1.29, 1.82) is 0 Å². The van der Waals surface area contributed by atoms with E-state index < -0.39 is 0 Å². The van der Waals surface area contributed by atoms with Gasteiger partial charge in [0.15, 0.2) is 0 Å². The molecular weight excluding hydrogens is 362 g/mol. The van der Waals surface area contributed by atoms with E-state index in [0.29, 0.717) is 11.1 Å². The number of benzene rings is 1. The summed E-state index contributed by atoms with van der Waals surface area (Å²) in [6.45, 7) is 1.82. The maximum Gasteiger partial charge on any atom is 0.277 e. The monoisotopic (exact) mass is 377 g/mol. The van der Waals surface area contributed by atoms with E-state index in [0.717, 1.165) is 15.5 Å². The van der Waals surface area contributed by atoms with E-state index >= 15 is 0 Å². The van der Waals surface area contributed by atoms with Gasteiger partial charge in [-0.2, -0.15) is 0 Å². The highest BCUT2D eigenvalue weighted by Crippen LogP contribution is 2.30. The van der Waals surface area contributed by atoms with Gasteiger partial charge in [-0.05, 0) is 36.8 Å². The first-order chi connectivity index (χ1) is 11.7. The number of thioether (sulfide) groups is 2. The van der Waals surface area contributed by atoms with Gasteiger partial charge >= 0.3 is 0 Å². The van der Waals surface area contributed by atoms with Gasteiger partial charge < -0.3 is 9.73 Å². The minimum Gasteiger partial charge on any atom is -0.410 e. The Labute approximate surface area is 152 Å². The number of anilines is 1. The van der Waals surface area contributed by atoms with Gasteiger partial charge in [-0.3, -0.25) is 4.79 Å². The van der Waals surface area contributed by atoms with Crippen LogP contribution >= 0.6 is 34.9 Å². The Morgan fingerprint density at radius 3 is 2.83 bits per heavy atom. The third-order valence-electron chi connectivity index (χ3n) is 3.15. The number of hydrogen-bond donors (Lipinski definition) is 1. The number of nitrogens with one attached hydrogen (secondary N) is 1. The van der Waals surface area contributed by atoms with Crippen molar-refractivity contribution in [2.24, 2.45) is 0 Å². The zero-order chi connectivity index (χ0) is 16.9. The number of aromatic nitrogens is 2. The molecule has 0 fully saturated rings. The molecule has 2 aromatic heterocycles. The summed E-state index contributed by atoms with van der Waals surface area (Å²) < 4.78 is 5.61. The molecule has 1 unspecified atom stereocenters. The summed E-state index contributed by atoms with van der Waals surface area (Å²) >= 11 is 4.37. The second kappa shape index (κ2) is 7.87. The second-order valence-electron chi connectivity index (χ2n) is 4.80. The smallest absolute Gasteiger partial charge is 0.277 e. The summed E-state index contributed by atoms with van der Waals surface area (Å²) in [5.41, 5.74) is 0.812. The van der Waals surface area contributed by atoms with Gasteiger partial charge in [-0.1, -0.05) is 30.0 Å². The maximum absolute atomic E-state index is 12.4. The zero-order valence-electron chi connectivity index (χ0n) is 13.1. The lowest BCUT2D eigenvalue weighted by atomic mass is 10.3. The molecule has 3 aromatic rings. The van der Waals surface area contributed by atoms with Crippen molar-refractivity contribution < 1.29 is 9.21 Å². The molecule has 0 aliphatic heterocycles. The fourth-order valence-electron chi connectivity index (χ4n) is 1.94. The summed E-state index contributed by atoms with van der Waals surface area (Å²) in [4.78, 5) is 14.3.